The minimum atomic E-state index is -0.324. The van der Waals surface area contributed by atoms with Crippen LogP contribution in [0.5, 0.6) is 0 Å². The normalized spacial score (nSPS) is 10.5. The molecule has 15 heavy (non-hydrogen) atoms. The Hall–Kier alpha value is -1.36. The third kappa shape index (κ3) is 1.87. The molecule has 0 aliphatic rings. The quantitative estimate of drug-likeness (QED) is 0.852. The SMILES string of the molecule is CCOC(=O)c1cc(Br)c2nc[nH]c2c1. The van der Waals surface area contributed by atoms with E-state index in [4.69, 9.17) is 4.74 Å². The number of carbonyl (C=O) groups excluding carboxylic acids is 1. The van der Waals surface area contributed by atoms with Crippen molar-refractivity contribution in [2.24, 2.45) is 0 Å². The highest BCUT2D eigenvalue weighted by Crippen LogP contribution is 2.23. The summed E-state index contributed by atoms with van der Waals surface area (Å²) in [5.41, 5.74) is 2.14. The molecule has 2 rings (SSSR count). The van der Waals surface area contributed by atoms with E-state index in [1.165, 1.54) is 0 Å². The predicted molar refractivity (Wildman–Crippen MR) is 59.8 cm³/mol. The fourth-order valence-electron chi connectivity index (χ4n) is 1.34. The molecule has 5 heteroatoms. The second-order valence-corrected chi connectivity index (χ2v) is 3.83. The molecule has 0 fully saturated rings. The molecule has 0 radical (unpaired) electrons. The fraction of sp³-hybridized carbons (Fsp3) is 0.200. The summed E-state index contributed by atoms with van der Waals surface area (Å²) in [6, 6.07) is 3.44. The van der Waals surface area contributed by atoms with Crippen LogP contribution in [0.25, 0.3) is 11.0 Å². The number of halogens is 1. The van der Waals surface area contributed by atoms with Crippen LogP contribution in [0, 0.1) is 0 Å². The number of H-pyrrole nitrogens is 1. The molecule has 0 atom stereocenters. The molecule has 0 saturated heterocycles. The molecule has 0 unspecified atom stereocenters. The van der Waals surface area contributed by atoms with E-state index >= 15 is 0 Å². The molecule has 0 saturated carbocycles. The van der Waals surface area contributed by atoms with Crippen LogP contribution in [0.4, 0.5) is 0 Å². The monoisotopic (exact) mass is 268 g/mol. The highest BCUT2D eigenvalue weighted by atomic mass is 79.9. The number of hydrogen-bond acceptors (Lipinski definition) is 3. The minimum absolute atomic E-state index is 0.324. The number of rotatable bonds is 2. The van der Waals surface area contributed by atoms with E-state index in [1.54, 1.807) is 25.4 Å². The first-order valence-electron chi connectivity index (χ1n) is 4.52. The number of benzene rings is 1. The van der Waals surface area contributed by atoms with Gasteiger partial charge in [-0.3, -0.25) is 0 Å². The van der Waals surface area contributed by atoms with Crippen molar-refractivity contribution in [2.75, 3.05) is 6.61 Å². The van der Waals surface area contributed by atoms with Gasteiger partial charge in [0.1, 0.15) is 5.52 Å². The molecule has 0 amide bonds. The van der Waals surface area contributed by atoms with Crippen LogP contribution in [0.15, 0.2) is 22.9 Å². The Morgan fingerprint density at radius 2 is 2.40 bits per heavy atom. The van der Waals surface area contributed by atoms with Crippen LogP contribution in [0.2, 0.25) is 0 Å². The number of nitrogens with one attached hydrogen (secondary N) is 1. The van der Waals surface area contributed by atoms with Gasteiger partial charge >= 0.3 is 5.97 Å². The Bertz CT molecular complexity index is 507. The van der Waals surface area contributed by atoms with Gasteiger partial charge in [0.2, 0.25) is 0 Å². The Labute approximate surface area is 94.8 Å². The zero-order valence-corrected chi connectivity index (χ0v) is 9.67. The summed E-state index contributed by atoms with van der Waals surface area (Å²) in [5.74, 6) is -0.324. The number of ether oxygens (including phenoxy) is 1. The van der Waals surface area contributed by atoms with E-state index in [9.17, 15) is 4.79 Å². The summed E-state index contributed by atoms with van der Waals surface area (Å²) >= 11 is 3.36. The zero-order valence-electron chi connectivity index (χ0n) is 8.08. The van der Waals surface area contributed by atoms with Crippen molar-refractivity contribution in [3.63, 3.8) is 0 Å². The number of aromatic nitrogens is 2. The van der Waals surface area contributed by atoms with E-state index in [0.717, 1.165) is 15.5 Å². The molecule has 4 nitrogen and oxygen atoms in total. The fourth-order valence-corrected chi connectivity index (χ4v) is 1.90. The van der Waals surface area contributed by atoms with E-state index in [1.807, 2.05) is 0 Å². The van der Waals surface area contributed by atoms with Crippen molar-refractivity contribution >= 4 is 32.9 Å². The molecule has 0 spiro atoms. The van der Waals surface area contributed by atoms with Gasteiger partial charge in [0.05, 0.1) is 24.0 Å². The number of aromatic amines is 1. The van der Waals surface area contributed by atoms with E-state index in [-0.39, 0.29) is 5.97 Å². The van der Waals surface area contributed by atoms with Crippen LogP contribution in [0.1, 0.15) is 17.3 Å². The van der Waals surface area contributed by atoms with Gasteiger partial charge in [-0.05, 0) is 35.0 Å². The first-order chi connectivity index (χ1) is 7.22. The van der Waals surface area contributed by atoms with Crippen molar-refractivity contribution in [3.05, 3.63) is 28.5 Å². The van der Waals surface area contributed by atoms with Crippen LogP contribution < -0.4 is 0 Å². The Balaban J connectivity index is 2.49. The molecule has 1 N–H and O–H groups in total. The minimum Gasteiger partial charge on any atom is -0.462 e. The van der Waals surface area contributed by atoms with Gasteiger partial charge in [0, 0.05) is 4.47 Å². The van der Waals surface area contributed by atoms with E-state index < -0.39 is 0 Å². The number of esters is 1. The van der Waals surface area contributed by atoms with Crippen LogP contribution in [0.3, 0.4) is 0 Å². The third-order valence-electron chi connectivity index (χ3n) is 1.99. The number of carbonyl (C=O) groups is 1. The topological polar surface area (TPSA) is 55.0 Å². The summed E-state index contributed by atoms with van der Waals surface area (Å²) in [7, 11) is 0. The molecular formula is C10H9BrN2O2. The first-order valence-corrected chi connectivity index (χ1v) is 5.31. The predicted octanol–water partition coefficient (Wildman–Crippen LogP) is 2.50. The van der Waals surface area contributed by atoms with Crippen molar-refractivity contribution in [1.29, 1.82) is 0 Å². The summed E-state index contributed by atoms with van der Waals surface area (Å²) in [5, 5.41) is 0. The largest absolute Gasteiger partial charge is 0.462 e. The molecule has 0 aliphatic carbocycles. The van der Waals surface area contributed by atoms with Crippen LogP contribution >= 0.6 is 15.9 Å². The highest BCUT2D eigenvalue weighted by Gasteiger charge is 2.10. The second-order valence-electron chi connectivity index (χ2n) is 2.98. The van der Waals surface area contributed by atoms with Crippen molar-refractivity contribution in [2.45, 2.75) is 6.92 Å². The van der Waals surface area contributed by atoms with Gasteiger partial charge in [0.25, 0.3) is 0 Å². The lowest BCUT2D eigenvalue weighted by molar-refractivity contribution is 0.0526. The van der Waals surface area contributed by atoms with E-state index in [0.29, 0.717) is 12.2 Å². The van der Waals surface area contributed by atoms with Gasteiger partial charge in [-0.25, -0.2) is 9.78 Å². The van der Waals surface area contributed by atoms with Gasteiger partial charge in [-0.2, -0.15) is 0 Å². The van der Waals surface area contributed by atoms with Crippen molar-refractivity contribution in [1.82, 2.24) is 9.97 Å². The second kappa shape index (κ2) is 4.02. The molecule has 1 aromatic carbocycles. The Kier molecular flexibility index (Phi) is 2.73. The average molecular weight is 269 g/mol. The summed E-state index contributed by atoms with van der Waals surface area (Å²) < 4.78 is 5.70. The lowest BCUT2D eigenvalue weighted by Crippen LogP contribution is -2.04. The zero-order chi connectivity index (χ0) is 10.8. The molecule has 78 valence electrons. The maximum absolute atomic E-state index is 11.5. The number of fused-ring (bicyclic) bond motifs is 1. The summed E-state index contributed by atoms with van der Waals surface area (Å²) in [4.78, 5) is 18.5. The number of imidazole rings is 1. The smallest absolute Gasteiger partial charge is 0.338 e. The van der Waals surface area contributed by atoms with Crippen LogP contribution in [-0.2, 0) is 4.74 Å². The molecule has 0 aliphatic heterocycles. The lowest BCUT2D eigenvalue weighted by atomic mass is 10.2. The van der Waals surface area contributed by atoms with Gasteiger partial charge in [0.15, 0.2) is 0 Å². The maximum Gasteiger partial charge on any atom is 0.338 e. The van der Waals surface area contributed by atoms with Crippen molar-refractivity contribution < 1.29 is 9.53 Å². The maximum atomic E-state index is 11.5. The standard InChI is InChI=1S/C10H9BrN2O2/c1-2-15-10(14)6-3-7(11)9-8(4-6)12-5-13-9/h3-5H,2H2,1H3,(H,12,13). The molecule has 1 aromatic heterocycles. The summed E-state index contributed by atoms with van der Waals surface area (Å²) in [6.45, 7) is 2.15. The third-order valence-corrected chi connectivity index (χ3v) is 2.59. The van der Waals surface area contributed by atoms with Gasteiger partial charge in [-0.1, -0.05) is 0 Å². The molecule has 1 heterocycles. The van der Waals surface area contributed by atoms with Gasteiger partial charge in [-0.15, -0.1) is 0 Å². The number of nitrogens with zero attached hydrogens (tertiary/aromatic N) is 1. The molecule has 2 aromatic rings. The van der Waals surface area contributed by atoms with Gasteiger partial charge < -0.3 is 9.72 Å². The Morgan fingerprint density at radius 1 is 1.60 bits per heavy atom. The van der Waals surface area contributed by atoms with E-state index in [2.05, 4.69) is 25.9 Å². The molecule has 0 bridgehead atoms. The Morgan fingerprint density at radius 3 is 3.13 bits per heavy atom. The van der Waals surface area contributed by atoms with Crippen molar-refractivity contribution in [3.8, 4) is 0 Å². The lowest BCUT2D eigenvalue weighted by Gasteiger charge is -2.02. The highest BCUT2D eigenvalue weighted by molar-refractivity contribution is 9.10. The summed E-state index contributed by atoms with van der Waals surface area (Å²) in [6.07, 6.45) is 1.59. The number of hydrogen-bond donors (Lipinski definition) is 1. The average Bonchev–Trinajstić information content (AvgIpc) is 2.66. The molecular weight excluding hydrogens is 260 g/mol. The van der Waals surface area contributed by atoms with Crippen LogP contribution in [-0.4, -0.2) is 22.5 Å². The first kappa shape index (κ1) is 10.2.